The highest BCUT2D eigenvalue weighted by atomic mass is 16.5. The molecule has 0 saturated carbocycles. The smallest absolute Gasteiger partial charge is 0.326 e. The summed E-state index contributed by atoms with van der Waals surface area (Å²) in [5.41, 5.74) is -0.497. The second-order valence-corrected chi connectivity index (χ2v) is 3.45. The van der Waals surface area contributed by atoms with Gasteiger partial charge in [0.05, 0.1) is 6.61 Å². The van der Waals surface area contributed by atoms with Gasteiger partial charge in [0, 0.05) is 13.2 Å². The summed E-state index contributed by atoms with van der Waals surface area (Å²) in [7, 11) is 0. The number of nitrogens with one attached hydrogen (secondary N) is 1. The molecule has 0 atom stereocenters. The first kappa shape index (κ1) is 11.5. The van der Waals surface area contributed by atoms with Crippen molar-refractivity contribution in [2.75, 3.05) is 26.4 Å². The molecule has 0 unspecified atom stereocenters. The number of carbonyl (C=O) groups is 1. The van der Waals surface area contributed by atoms with Crippen LogP contribution in [0, 0.1) is 0 Å². The minimum Gasteiger partial charge on any atom is -0.465 e. The number of esters is 1. The zero-order valence-corrected chi connectivity index (χ0v) is 8.97. The number of likely N-dealkylation sites (N-methyl/N-ethyl adjacent to an activating group) is 1. The second kappa shape index (κ2) is 5.32. The van der Waals surface area contributed by atoms with Crippen molar-refractivity contribution >= 4 is 5.97 Å². The average molecular weight is 201 g/mol. The van der Waals surface area contributed by atoms with Crippen molar-refractivity contribution < 1.29 is 14.3 Å². The van der Waals surface area contributed by atoms with Gasteiger partial charge in [-0.05, 0) is 26.3 Å². The third-order valence-corrected chi connectivity index (χ3v) is 2.53. The quantitative estimate of drug-likeness (QED) is 0.680. The normalized spacial score (nSPS) is 20.4. The Balaban J connectivity index is 2.63. The molecule has 0 bridgehead atoms. The zero-order valence-electron chi connectivity index (χ0n) is 8.97. The minimum absolute atomic E-state index is 0.134. The van der Waals surface area contributed by atoms with Crippen LogP contribution in [-0.4, -0.2) is 37.9 Å². The molecule has 0 aromatic heterocycles. The molecule has 0 aromatic carbocycles. The summed E-state index contributed by atoms with van der Waals surface area (Å²) < 4.78 is 10.3. The molecule has 1 rings (SSSR count). The topological polar surface area (TPSA) is 47.6 Å². The summed E-state index contributed by atoms with van der Waals surface area (Å²) in [5, 5.41) is 3.23. The molecule has 0 aliphatic carbocycles. The van der Waals surface area contributed by atoms with E-state index in [9.17, 15) is 4.79 Å². The summed E-state index contributed by atoms with van der Waals surface area (Å²) in [6.07, 6.45) is 1.42. The van der Waals surface area contributed by atoms with Crippen LogP contribution in [0.25, 0.3) is 0 Å². The van der Waals surface area contributed by atoms with Gasteiger partial charge >= 0.3 is 5.97 Å². The molecule has 0 radical (unpaired) electrons. The van der Waals surface area contributed by atoms with Gasteiger partial charge in [-0.2, -0.15) is 0 Å². The van der Waals surface area contributed by atoms with E-state index >= 15 is 0 Å². The monoisotopic (exact) mass is 201 g/mol. The SMILES string of the molecule is CCNC1(C(=O)OCC)CCOCC1. The van der Waals surface area contributed by atoms with Crippen molar-refractivity contribution in [3.63, 3.8) is 0 Å². The molecule has 0 aromatic rings. The Bertz CT molecular complexity index is 182. The predicted molar refractivity (Wildman–Crippen MR) is 53.1 cm³/mol. The first-order chi connectivity index (χ1) is 6.75. The Morgan fingerprint density at radius 3 is 2.57 bits per heavy atom. The van der Waals surface area contributed by atoms with Crippen LogP contribution in [0.2, 0.25) is 0 Å². The van der Waals surface area contributed by atoms with Crippen LogP contribution in [0.15, 0.2) is 0 Å². The van der Waals surface area contributed by atoms with Crippen LogP contribution in [0.1, 0.15) is 26.7 Å². The largest absolute Gasteiger partial charge is 0.465 e. The van der Waals surface area contributed by atoms with Gasteiger partial charge < -0.3 is 14.8 Å². The Labute approximate surface area is 85.0 Å². The van der Waals surface area contributed by atoms with Crippen molar-refractivity contribution in [3.05, 3.63) is 0 Å². The lowest BCUT2D eigenvalue weighted by Gasteiger charge is -2.35. The number of carbonyl (C=O) groups excluding carboxylic acids is 1. The van der Waals surface area contributed by atoms with E-state index in [4.69, 9.17) is 9.47 Å². The van der Waals surface area contributed by atoms with Crippen LogP contribution in [0.3, 0.4) is 0 Å². The highest BCUT2D eigenvalue weighted by molar-refractivity contribution is 5.81. The minimum atomic E-state index is -0.497. The molecule has 1 aliphatic heterocycles. The number of hydrogen-bond acceptors (Lipinski definition) is 4. The lowest BCUT2D eigenvalue weighted by atomic mass is 9.90. The Kier molecular flexibility index (Phi) is 4.35. The third kappa shape index (κ3) is 2.45. The maximum absolute atomic E-state index is 11.8. The summed E-state index contributed by atoms with van der Waals surface area (Å²) in [5.74, 6) is -0.134. The van der Waals surface area contributed by atoms with Crippen molar-refractivity contribution in [1.29, 1.82) is 0 Å². The van der Waals surface area contributed by atoms with Crippen molar-refractivity contribution in [2.24, 2.45) is 0 Å². The molecular formula is C10H19NO3. The summed E-state index contributed by atoms with van der Waals surface area (Å²) in [4.78, 5) is 11.8. The fraction of sp³-hybridized carbons (Fsp3) is 0.900. The van der Waals surface area contributed by atoms with E-state index in [0.29, 0.717) is 32.7 Å². The predicted octanol–water partition coefficient (Wildman–Crippen LogP) is 0.708. The summed E-state index contributed by atoms with van der Waals surface area (Å²) in [6, 6.07) is 0. The Morgan fingerprint density at radius 1 is 1.43 bits per heavy atom. The lowest BCUT2D eigenvalue weighted by molar-refractivity contribution is -0.155. The Morgan fingerprint density at radius 2 is 2.07 bits per heavy atom. The molecule has 14 heavy (non-hydrogen) atoms. The molecule has 0 amide bonds. The van der Waals surface area contributed by atoms with Gasteiger partial charge in [-0.3, -0.25) is 4.79 Å². The highest BCUT2D eigenvalue weighted by Gasteiger charge is 2.40. The molecule has 1 saturated heterocycles. The van der Waals surface area contributed by atoms with Crippen LogP contribution in [0.4, 0.5) is 0 Å². The van der Waals surface area contributed by atoms with E-state index in [0.717, 1.165) is 6.54 Å². The van der Waals surface area contributed by atoms with E-state index in [2.05, 4.69) is 5.32 Å². The van der Waals surface area contributed by atoms with Crippen molar-refractivity contribution in [1.82, 2.24) is 5.32 Å². The average Bonchev–Trinajstić information content (AvgIpc) is 2.20. The van der Waals surface area contributed by atoms with E-state index in [1.54, 1.807) is 0 Å². The molecule has 0 spiro atoms. The lowest BCUT2D eigenvalue weighted by Crippen LogP contribution is -2.56. The number of hydrogen-bond donors (Lipinski definition) is 1. The fourth-order valence-electron chi connectivity index (χ4n) is 1.78. The van der Waals surface area contributed by atoms with Gasteiger partial charge in [-0.15, -0.1) is 0 Å². The molecule has 1 N–H and O–H groups in total. The van der Waals surface area contributed by atoms with Gasteiger partial charge in [0.25, 0.3) is 0 Å². The second-order valence-electron chi connectivity index (χ2n) is 3.45. The van der Waals surface area contributed by atoms with Crippen LogP contribution < -0.4 is 5.32 Å². The molecule has 4 heteroatoms. The highest BCUT2D eigenvalue weighted by Crippen LogP contribution is 2.22. The molecular weight excluding hydrogens is 182 g/mol. The van der Waals surface area contributed by atoms with E-state index in [-0.39, 0.29) is 5.97 Å². The van der Waals surface area contributed by atoms with E-state index in [1.807, 2.05) is 13.8 Å². The van der Waals surface area contributed by atoms with Crippen molar-refractivity contribution in [3.8, 4) is 0 Å². The molecule has 4 nitrogen and oxygen atoms in total. The maximum atomic E-state index is 11.8. The molecule has 1 aliphatic rings. The van der Waals surface area contributed by atoms with E-state index in [1.165, 1.54) is 0 Å². The van der Waals surface area contributed by atoms with Gasteiger partial charge in [-0.25, -0.2) is 0 Å². The fourth-order valence-corrected chi connectivity index (χ4v) is 1.78. The first-order valence-corrected chi connectivity index (χ1v) is 5.25. The molecule has 1 heterocycles. The van der Waals surface area contributed by atoms with Gasteiger partial charge in [-0.1, -0.05) is 6.92 Å². The Hall–Kier alpha value is -0.610. The molecule has 82 valence electrons. The van der Waals surface area contributed by atoms with Crippen LogP contribution in [0.5, 0.6) is 0 Å². The molecule has 1 fully saturated rings. The standard InChI is InChI=1S/C10H19NO3/c1-3-11-10(9(12)14-4-2)5-7-13-8-6-10/h11H,3-8H2,1-2H3. The van der Waals surface area contributed by atoms with Crippen LogP contribution >= 0.6 is 0 Å². The summed E-state index contributed by atoms with van der Waals surface area (Å²) in [6.45, 7) is 6.30. The number of rotatable bonds is 4. The van der Waals surface area contributed by atoms with Gasteiger partial charge in [0.1, 0.15) is 5.54 Å². The third-order valence-electron chi connectivity index (χ3n) is 2.53. The van der Waals surface area contributed by atoms with Crippen LogP contribution in [-0.2, 0) is 14.3 Å². The maximum Gasteiger partial charge on any atom is 0.326 e. The van der Waals surface area contributed by atoms with Crippen molar-refractivity contribution in [2.45, 2.75) is 32.2 Å². The zero-order chi connectivity index (χ0) is 10.4. The number of ether oxygens (including phenoxy) is 2. The van der Waals surface area contributed by atoms with E-state index < -0.39 is 5.54 Å². The van der Waals surface area contributed by atoms with Gasteiger partial charge in [0.15, 0.2) is 0 Å². The first-order valence-electron chi connectivity index (χ1n) is 5.25. The summed E-state index contributed by atoms with van der Waals surface area (Å²) >= 11 is 0. The van der Waals surface area contributed by atoms with Gasteiger partial charge in [0.2, 0.25) is 0 Å².